The van der Waals surface area contributed by atoms with Crippen LogP contribution in [-0.2, 0) is 22.6 Å². The highest BCUT2D eigenvalue weighted by Crippen LogP contribution is 2.43. The fraction of sp³-hybridized carbons (Fsp3) is 0.440. The molecule has 2 amide bonds. The van der Waals surface area contributed by atoms with Crippen LogP contribution in [0.5, 0.6) is 0 Å². The van der Waals surface area contributed by atoms with Gasteiger partial charge in [-0.25, -0.2) is 0 Å². The SMILES string of the molecule is O=C1CC2(CCN(C(=O)[C@H]3CCc4ccccc43)CC2)CN1Cc1ccccc1. The number of carbonyl (C=O) groups excluding carboxylic acids is 2. The van der Waals surface area contributed by atoms with Crippen molar-refractivity contribution in [3.63, 3.8) is 0 Å². The van der Waals surface area contributed by atoms with E-state index in [9.17, 15) is 9.59 Å². The first-order chi connectivity index (χ1) is 14.1. The van der Waals surface area contributed by atoms with Crippen LogP contribution in [0, 0.1) is 5.41 Å². The zero-order chi connectivity index (χ0) is 19.8. The fourth-order valence-corrected chi connectivity index (χ4v) is 5.50. The number of fused-ring (bicyclic) bond motifs is 1. The van der Waals surface area contributed by atoms with Crippen LogP contribution in [0.15, 0.2) is 54.6 Å². The highest BCUT2D eigenvalue weighted by Gasteiger charge is 2.46. The second-order valence-corrected chi connectivity index (χ2v) is 9.03. The molecule has 2 aromatic rings. The lowest BCUT2D eigenvalue weighted by Crippen LogP contribution is -2.45. The Morgan fingerprint density at radius 2 is 1.72 bits per heavy atom. The number of hydrogen-bond acceptors (Lipinski definition) is 2. The quantitative estimate of drug-likeness (QED) is 0.803. The molecule has 1 aliphatic carbocycles. The van der Waals surface area contributed by atoms with Gasteiger partial charge in [0, 0.05) is 38.0 Å². The van der Waals surface area contributed by atoms with Crippen LogP contribution in [0.3, 0.4) is 0 Å². The number of nitrogens with zero attached hydrogens (tertiary/aromatic N) is 2. The zero-order valence-corrected chi connectivity index (χ0v) is 16.8. The number of carbonyl (C=O) groups is 2. The van der Waals surface area contributed by atoms with Crippen molar-refractivity contribution in [3.8, 4) is 0 Å². The Bertz CT molecular complexity index is 915. The third-order valence-electron chi connectivity index (χ3n) is 7.19. The van der Waals surface area contributed by atoms with Gasteiger partial charge in [0.15, 0.2) is 0 Å². The second-order valence-electron chi connectivity index (χ2n) is 9.03. The predicted octanol–water partition coefficient (Wildman–Crippen LogP) is 3.76. The van der Waals surface area contributed by atoms with Crippen molar-refractivity contribution in [2.45, 2.75) is 44.6 Å². The zero-order valence-electron chi connectivity index (χ0n) is 16.8. The molecule has 5 rings (SSSR count). The van der Waals surface area contributed by atoms with Crippen molar-refractivity contribution >= 4 is 11.8 Å². The highest BCUT2D eigenvalue weighted by atomic mass is 16.2. The first-order valence-corrected chi connectivity index (χ1v) is 10.8. The summed E-state index contributed by atoms with van der Waals surface area (Å²) in [6, 6.07) is 18.6. The molecule has 1 atom stereocenters. The average Bonchev–Trinajstić information content (AvgIpc) is 3.30. The topological polar surface area (TPSA) is 40.6 Å². The van der Waals surface area contributed by atoms with Crippen LogP contribution >= 0.6 is 0 Å². The number of likely N-dealkylation sites (tertiary alicyclic amines) is 2. The molecule has 4 nitrogen and oxygen atoms in total. The maximum atomic E-state index is 13.2. The Hall–Kier alpha value is -2.62. The Labute approximate surface area is 172 Å². The van der Waals surface area contributed by atoms with Crippen molar-refractivity contribution in [2.75, 3.05) is 19.6 Å². The number of aryl methyl sites for hydroxylation is 1. The van der Waals surface area contributed by atoms with Gasteiger partial charge in [-0.1, -0.05) is 54.6 Å². The first-order valence-electron chi connectivity index (χ1n) is 10.8. The van der Waals surface area contributed by atoms with E-state index in [1.165, 1.54) is 16.7 Å². The minimum Gasteiger partial charge on any atom is -0.342 e. The second kappa shape index (κ2) is 7.33. The lowest BCUT2D eigenvalue weighted by molar-refractivity contribution is -0.135. The number of amides is 2. The summed E-state index contributed by atoms with van der Waals surface area (Å²) in [5, 5.41) is 0. The number of hydrogen-bond donors (Lipinski definition) is 0. The van der Waals surface area contributed by atoms with E-state index in [2.05, 4.69) is 35.2 Å². The van der Waals surface area contributed by atoms with Crippen LogP contribution < -0.4 is 0 Å². The summed E-state index contributed by atoms with van der Waals surface area (Å²) >= 11 is 0. The molecule has 2 aromatic carbocycles. The van der Waals surface area contributed by atoms with Crippen molar-refractivity contribution in [2.24, 2.45) is 5.41 Å². The Morgan fingerprint density at radius 3 is 2.52 bits per heavy atom. The standard InChI is InChI=1S/C25H28N2O2/c28-23-16-25(18-27(23)17-19-6-2-1-3-7-19)12-14-26(15-13-25)24(29)22-11-10-20-8-4-5-9-21(20)22/h1-9,22H,10-18H2/t22-/m0/s1. The monoisotopic (exact) mass is 388 g/mol. The molecule has 2 aliphatic heterocycles. The van der Waals surface area contributed by atoms with Gasteiger partial charge < -0.3 is 9.80 Å². The molecule has 2 saturated heterocycles. The van der Waals surface area contributed by atoms with Gasteiger partial charge in [-0.2, -0.15) is 0 Å². The molecular formula is C25H28N2O2. The summed E-state index contributed by atoms with van der Waals surface area (Å²) in [7, 11) is 0. The van der Waals surface area contributed by atoms with E-state index in [-0.39, 0.29) is 23.1 Å². The van der Waals surface area contributed by atoms with Crippen molar-refractivity contribution < 1.29 is 9.59 Å². The summed E-state index contributed by atoms with van der Waals surface area (Å²) in [6.45, 7) is 3.09. The van der Waals surface area contributed by atoms with Crippen molar-refractivity contribution in [3.05, 3.63) is 71.3 Å². The molecule has 2 heterocycles. The predicted molar refractivity (Wildman–Crippen MR) is 112 cm³/mol. The van der Waals surface area contributed by atoms with Gasteiger partial charge in [0.05, 0.1) is 5.92 Å². The van der Waals surface area contributed by atoms with Gasteiger partial charge in [-0.15, -0.1) is 0 Å². The number of rotatable bonds is 3. The summed E-state index contributed by atoms with van der Waals surface area (Å²) < 4.78 is 0. The minimum absolute atomic E-state index is 0.0278. The van der Waals surface area contributed by atoms with Gasteiger partial charge in [0.25, 0.3) is 0 Å². The minimum atomic E-state index is 0.0278. The Kier molecular flexibility index (Phi) is 4.65. The smallest absolute Gasteiger partial charge is 0.230 e. The largest absolute Gasteiger partial charge is 0.342 e. The summed E-state index contributed by atoms with van der Waals surface area (Å²) in [4.78, 5) is 29.9. The Balaban J connectivity index is 1.22. The first kappa shape index (κ1) is 18.4. The molecular weight excluding hydrogens is 360 g/mol. The van der Waals surface area contributed by atoms with E-state index in [1.54, 1.807) is 0 Å². The molecule has 2 fully saturated rings. The van der Waals surface area contributed by atoms with Crippen molar-refractivity contribution in [1.29, 1.82) is 0 Å². The maximum absolute atomic E-state index is 13.2. The third-order valence-corrected chi connectivity index (χ3v) is 7.19. The van der Waals surface area contributed by atoms with Gasteiger partial charge in [-0.3, -0.25) is 9.59 Å². The lowest BCUT2D eigenvalue weighted by Gasteiger charge is -2.39. The normalized spacial score (nSPS) is 22.9. The molecule has 3 aliphatic rings. The summed E-state index contributed by atoms with van der Waals surface area (Å²) in [5.41, 5.74) is 3.79. The Morgan fingerprint density at radius 1 is 1.00 bits per heavy atom. The van der Waals surface area contributed by atoms with Gasteiger partial charge in [-0.05, 0) is 42.4 Å². The van der Waals surface area contributed by atoms with Crippen LogP contribution in [0.25, 0.3) is 0 Å². The molecule has 4 heteroatoms. The van der Waals surface area contributed by atoms with E-state index in [0.717, 1.165) is 45.3 Å². The summed E-state index contributed by atoms with van der Waals surface area (Å²) in [5.74, 6) is 0.577. The number of piperidine rings is 1. The summed E-state index contributed by atoms with van der Waals surface area (Å²) in [6.07, 6.45) is 4.44. The van der Waals surface area contributed by atoms with E-state index < -0.39 is 0 Å². The van der Waals surface area contributed by atoms with Crippen LogP contribution in [0.1, 0.15) is 48.3 Å². The van der Waals surface area contributed by atoms with Gasteiger partial charge in [0.1, 0.15) is 0 Å². The molecule has 1 spiro atoms. The molecule has 0 unspecified atom stereocenters. The molecule has 150 valence electrons. The highest BCUT2D eigenvalue weighted by molar-refractivity contribution is 5.85. The van der Waals surface area contributed by atoms with E-state index >= 15 is 0 Å². The maximum Gasteiger partial charge on any atom is 0.230 e. The van der Waals surface area contributed by atoms with Crippen LogP contribution in [-0.4, -0.2) is 41.2 Å². The van der Waals surface area contributed by atoms with E-state index in [4.69, 9.17) is 0 Å². The van der Waals surface area contributed by atoms with Crippen LogP contribution in [0.4, 0.5) is 0 Å². The fourth-order valence-electron chi connectivity index (χ4n) is 5.50. The molecule has 0 saturated carbocycles. The van der Waals surface area contributed by atoms with Crippen LogP contribution in [0.2, 0.25) is 0 Å². The van der Waals surface area contributed by atoms with Gasteiger partial charge in [0.2, 0.25) is 11.8 Å². The van der Waals surface area contributed by atoms with Gasteiger partial charge >= 0.3 is 0 Å². The van der Waals surface area contributed by atoms with E-state index in [0.29, 0.717) is 13.0 Å². The van der Waals surface area contributed by atoms with Crippen molar-refractivity contribution in [1.82, 2.24) is 9.80 Å². The third kappa shape index (κ3) is 3.45. The molecule has 29 heavy (non-hydrogen) atoms. The number of benzene rings is 2. The molecule has 0 aromatic heterocycles. The van der Waals surface area contributed by atoms with E-state index in [1.807, 2.05) is 29.2 Å². The average molecular weight is 389 g/mol. The lowest BCUT2D eigenvalue weighted by atomic mass is 9.77. The molecule has 0 bridgehead atoms. The molecule has 0 radical (unpaired) electrons. The molecule has 0 N–H and O–H groups in total.